The van der Waals surface area contributed by atoms with Crippen molar-refractivity contribution < 1.29 is 4.79 Å². The summed E-state index contributed by atoms with van der Waals surface area (Å²) in [5.41, 5.74) is 3.46. The van der Waals surface area contributed by atoms with Crippen molar-refractivity contribution >= 4 is 22.6 Å². The number of likely N-dealkylation sites (tertiary alicyclic amines) is 1. The van der Waals surface area contributed by atoms with Crippen LogP contribution in [0.1, 0.15) is 31.2 Å². The molecule has 1 N–H and O–H groups in total. The van der Waals surface area contributed by atoms with Crippen molar-refractivity contribution in [1.82, 2.24) is 19.8 Å². The van der Waals surface area contributed by atoms with Gasteiger partial charge in [0.15, 0.2) is 0 Å². The molecule has 5 nitrogen and oxygen atoms in total. The first-order chi connectivity index (χ1) is 11.3. The highest BCUT2D eigenvalue weighted by atomic mass is 16.2. The van der Waals surface area contributed by atoms with Gasteiger partial charge in [-0.25, -0.2) is 9.78 Å². The molecule has 120 valence electrons. The zero-order valence-corrected chi connectivity index (χ0v) is 13.3. The average Bonchev–Trinajstić information content (AvgIpc) is 3.06. The summed E-state index contributed by atoms with van der Waals surface area (Å²) in [6, 6.07) is 4.27. The summed E-state index contributed by atoms with van der Waals surface area (Å²) in [4.78, 5) is 24.1. The molecule has 4 rings (SSSR count). The van der Waals surface area contributed by atoms with Crippen LogP contribution in [0, 0.1) is 0 Å². The van der Waals surface area contributed by atoms with Gasteiger partial charge in [-0.15, -0.1) is 0 Å². The van der Waals surface area contributed by atoms with Gasteiger partial charge < -0.3 is 14.8 Å². The number of nitrogens with zero attached hydrogens (tertiary/aromatic N) is 3. The van der Waals surface area contributed by atoms with E-state index >= 15 is 0 Å². The number of H-pyrrole nitrogens is 1. The number of amides is 2. The zero-order valence-electron chi connectivity index (χ0n) is 13.3. The Bertz CT molecular complexity index is 742. The summed E-state index contributed by atoms with van der Waals surface area (Å²) in [6.45, 7) is 3.34. The normalized spacial score (nSPS) is 19.0. The number of rotatable bonds is 1. The molecule has 0 spiro atoms. The summed E-state index contributed by atoms with van der Waals surface area (Å²) < 4.78 is 0. The second-order valence-corrected chi connectivity index (χ2v) is 6.36. The van der Waals surface area contributed by atoms with Gasteiger partial charge in [-0.2, -0.15) is 0 Å². The summed E-state index contributed by atoms with van der Waals surface area (Å²) in [7, 11) is 0. The van der Waals surface area contributed by atoms with Crippen LogP contribution in [0.25, 0.3) is 16.6 Å². The fraction of sp³-hybridized carbons (Fsp3) is 0.444. The molecule has 0 aromatic carbocycles. The van der Waals surface area contributed by atoms with E-state index in [4.69, 9.17) is 0 Å². The molecule has 0 aliphatic carbocycles. The predicted molar refractivity (Wildman–Crippen MR) is 91.1 cm³/mol. The van der Waals surface area contributed by atoms with Crippen LogP contribution in [0.4, 0.5) is 4.79 Å². The summed E-state index contributed by atoms with van der Waals surface area (Å²) in [6.07, 6.45) is 10.5. The Labute approximate surface area is 136 Å². The number of carbonyl (C=O) groups is 1. The molecule has 0 unspecified atom stereocenters. The number of fused-ring (bicyclic) bond motifs is 1. The SMILES string of the molecule is O=C(N1CC=C(c2c[nH]c3ncccc23)CC1)N1CCCCC1. The molecule has 2 aromatic heterocycles. The van der Waals surface area contributed by atoms with E-state index in [1.54, 1.807) is 6.20 Å². The maximum Gasteiger partial charge on any atom is 0.320 e. The van der Waals surface area contributed by atoms with E-state index in [0.29, 0.717) is 6.54 Å². The standard InChI is InChI=1S/C18H22N4O/c23-18(21-9-2-1-3-10-21)22-11-6-14(7-12-22)16-13-20-17-15(16)5-4-8-19-17/h4-6,8,13H,1-3,7,9-12H2,(H,19,20). The number of hydrogen-bond acceptors (Lipinski definition) is 2. The maximum absolute atomic E-state index is 12.6. The largest absolute Gasteiger partial charge is 0.346 e. The molecule has 0 radical (unpaired) electrons. The molecule has 2 aromatic rings. The Balaban J connectivity index is 1.49. The van der Waals surface area contributed by atoms with E-state index in [1.165, 1.54) is 17.6 Å². The number of nitrogens with one attached hydrogen (secondary N) is 1. The molecule has 2 aliphatic rings. The van der Waals surface area contributed by atoms with E-state index in [2.05, 4.69) is 22.1 Å². The topological polar surface area (TPSA) is 52.2 Å². The van der Waals surface area contributed by atoms with Crippen molar-refractivity contribution in [3.05, 3.63) is 36.2 Å². The van der Waals surface area contributed by atoms with Crippen molar-refractivity contribution in [3.8, 4) is 0 Å². The Morgan fingerprint density at radius 3 is 2.78 bits per heavy atom. The fourth-order valence-corrected chi connectivity index (χ4v) is 3.59. The van der Waals surface area contributed by atoms with Gasteiger partial charge in [-0.3, -0.25) is 0 Å². The van der Waals surface area contributed by atoms with Crippen molar-refractivity contribution in [3.63, 3.8) is 0 Å². The molecule has 1 fully saturated rings. The number of aromatic nitrogens is 2. The Morgan fingerprint density at radius 2 is 2.00 bits per heavy atom. The van der Waals surface area contributed by atoms with Gasteiger partial charge in [0.2, 0.25) is 0 Å². The Hall–Kier alpha value is -2.30. The lowest BCUT2D eigenvalue weighted by molar-refractivity contribution is 0.148. The van der Waals surface area contributed by atoms with E-state index < -0.39 is 0 Å². The molecule has 1 saturated heterocycles. The van der Waals surface area contributed by atoms with E-state index in [9.17, 15) is 4.79 Å². The van der Waals surface area contributed by atoms with Gasteiger partial charge in [-0.1, -0.05) is 6.08 Å². The van der Waals surface area contributed by atoms with Gasteiger partial charge >= 0.3 is 6.03 Å². The van der Waals surface area contributed by atoms with Crippen LogP contribution >= 0.6 is 0 Å². The van der Waals surface area contributed by atoms with Gasteiger partial charge in [0, 0.05) is 49.5 Å². The summed E-state index contributed by atoms with van der Waals surface area (Å²) in [5.74, 6) is 0. The van der Waals surface area contributed by atoms with Crippen LogP contribution in [0.5, 0.6) is 0 Å². The number of carbonyl (C=O) groups excluding carboxylic acids is 1. The number of urea groups is 1. The number of hydrogen-bond donors (Lipinski definition) is 1. The van der Waals surface area contributed by atoms with Gasteiger partial charge in [-0.05, 0) is 43.4 Å². The molecule has 0 bridgehead atoms. The van der Waals surface area contributed by atoms with Gasteiger partial charge in [0.05, 0.1) is 0 Å². The minimum atomic E-state index is 0.209. The maximum atomic E-state index is 12.6. The molecule has 4 heterocycles. The zero-order chi connectivity index (χ0) is 15.6. The van der Waals surface area contributed by atoms with Crippen molar-refractivity contribution in [2.75, 3.05) is 26.2 Å². The summed E-state index contributed by atoms with van der Waals surface area (Å²) >= 11 is 0. The average molecular weight is 310 g/mol. The third-order valence-corrected chi connectivity index (χ3v) is 4.90. The number of piperidine rings is 1. The highest BCUT2D eigenvalue weighted by molar-refractivity contribution is 5.91. The van der Waals surface area contributed by atoms with Crippen LogP contribution in [-0.4, -0.2) is 52.0 Å². The van der Waals surface area contributed by atoms with Crippen LogP contribution in [-0.2, 0) is 0 Å². The second kappa shape index (κ2) is 6.07. The molecule has 5 heteroatoms. The minimum Gasteiger partial charge on any atom is -0.346 e. The van der Waals surface area contributed by atoms with Crippen molar-refractivity contribution in [2.24, 2.45) is 0 Å². The van der Waals surface area contributed by atoms with Gasteiger partial charge in [0.25, 0.3) is 0 Å². The Morgan fingerprint density at radius 1 is 1.13 bits per heavy atom. The molecular formula is C18H22N4O. The monoisotopic (exact) mass is 310 g/mol. The fourth-order valence-electron chi connectivity index (χ4n) is 3.59. The third-order valence-electron chi connectivity index (χ3n) is 4.90. The highest BCUT2D eigenvalue weighted by Crippen LogP contribution is 2.28. The first kappa shape index (κ1) is 14.3. The molecular weight excluding hydrogens is 288 g/mol. The molecule has 0 saturated carbocycles. The second-order valence-electron chi connectivity index (χ2n) is 6.36. The van der Waals surface area contributed by atoms with Crippen molar-refractivity contribution in [1.29, 1.82) is 0 Å². The van der Waals surface area contributed by atoms with Crippen LogP contribution in [0.3, 0.4) is 0 Å². The molecule has 23 heavy (non-hydrogen) atoms. The third kappa shape index (κ3) is 2.71. The highest BCUT2D eigenvalue weighted by Gasteiger charge is 2.24. The summed E-state index contributed by atoms with van der Waals surface area (Å²) in [5, 5.41) is 1.16. The van der Waals surface area contributed by atoms with Crippen molar-refractivity contribution in [2.45, 2.75) is 25.7 Å². The Kier molecular flexibility index (Phi) is 3.77. The quantitative estimate of drug-likeness (QED) is 0.879. The lowest BCUT2D eigenvalue weighted by Crippen LogP contribution is -2.46. The molecule has 2 amide bonds. The first-order valence-electron chi connectivity index (χ1n) is 8.48. The first-order valence-corrected chi connectivity index (χ1v) is 8.48. The van der Waals surface area contributed by atoms with E-state index in [1.807, 2.05) is 22.1 Å². The van der Waals surface area contributed by atoms with E-state index in [-0.39, 0.29) is 6.03 Å². The minimum absolute atomic E-state index is 0.209. The molecule has 0 atom stereocenters. The lowest BCUT2D eigenvalue weighted by Gasteiger charge is -2.34. The number of pyridine rings is 1. The molecule has 2 aliphatic heterocycles. The smallest absolute Gasteiger partial charge is 0.320 e. The van der Waals surface area contributed by atoms with Crippen LogP contribution < -0.4 is 0 Å². The van der Waals surface area contributed by atoms with Crippen LogP contribution in [0.2, 0.25) is 0 Å². The lowest BCUT2D eigenvalue weighted by atomic mass is 10.00. The van der Waals surface area contributed by atoms with Crippen LogP contribution in [0.15, 0.2) is 30.6 Å². The number of aromatic amines is 1. The van der Waals surface area contributed by atoms with Gasteiger partial charge in [0.1, 0.15) is 5.65 Å². The van der Waals surface area contributed by atoms with E-state index in [0.717, 1.165) is 49.9 Å². The predicted octanol–water partition coefficient (Wildman–Crippen LogP) is 3.26.